The second kappa shape index (κ2) is 5.78. The Hall–Kier alpha value is -1.29. The summed E-state index contributed by atoms with van der Waals surface area (Å²) in [4.78, 5) is 0. The Morgan fingerprint density at radius 3 is 2.47 bits per heavy atom. The molecule has 2 nitrogen and oxygen atoms in total. The van der Waals surface area contributed by atoms with E-state index in [1.54, 1.807) is 31.4 Å². The molecule has 0 radical (unpaired) electrons. The summed E-state index contributed by atoms with van der Waals surface area (Å²) in [6, 6.07) is 8.77. The van der Waals surface area contributed by atoms with Crippen molar-refractivity contribution in [2.75, 3.05) is 7.11 Å². The van der Waals surface area contributed by atoms with Crippen LogP contribution in [0.3, 0.4) is 0 Å². The lowest BCUT2D eigenvalue weighted by Gasteiger charge is -2.17. The number of benzene rings is 2. The molecular weight excluding hydrogens is 288 g/mol. The van der Waals surface area contributed by atoms with Gasteiger partial charge in [-0.25, -0.2) is 4.39 Å². The van der Waals surface area contributed by atoms with Gasteiger partial charge in [-0.15, -0.1) is 0 Å². The quantitative estimate of drug-likeness (QED) is 0.922. The molecule has 0 heterocycles. The van der Waals surface area contributed by atoms with E-state index in [9.17, 15) is 4.39 Å². The molecule has 2 aromatic rings. The number of nitrogens with two attached hydrogens (primary N) is 1. The molecule has 0 aliphatic carbocycles. The van der Waals surface area contributed by atoms with Gasteiger partial charge in [0.2, 0.25) is 0 Å². The molecule has 19 heavy (non-hydrogen) atoms. The molecule has 0 aliphatic rings. The van der Waals surface area contributed by atoms with Gasteiger partial charge in [0.25, 0.3) is 0 Å². The third-order valence-corrected chi connectivity index (χ3v) is 3.51. The van der Waals surface area contributed by atoms with E-state index in [1.165, 1.54) is 12.1 Å². The molecule has 100 valence electrons. The largest absolute Gasteiger partial charge is 0.497 e. The van der Waals surface area contributed by atoms with Crippen LogP contribution in [0.5, 0.6) is 5.75 Å². The first-order valence-electron chi connectivity index (χ1n) is 5.57. The lowest BCUT2D eigenvalue weighted by atomic mass is 9.99. The fourth-order valence-electron chi connectivity index (χ4n) is 1.85. The van der Waals surface area contributed by atoms with Gasteiger partial charge in [0, 0.05) is 15.6 Å². The summed E-state index contributed by atoms with van der Waals surface area (Å²) in [5.74, 6) is 0.160. The first-order valence-corrected chi connectivity index (χ1v) is 6.33. The van der Waals surface area contributed by atoms with Crippen molar-refractivity contribution >= 4 is 23.2 Å². The molecule has 5 heteroatoms. The number of ether oxygens (including phenoxy) is 1. The first-order chi connectivity index (χ1) is 9.04. The summed E-state index contributed by atoms with van der Waals surface area (Å²) in [5, 5.41) is 0.686. The Morgan fingerprint density at radius 2 is 1.89 bits per heavy atom. The van der Waals surface area contributed by atoms with E-state index in [4.69, 9.17) is 33.7 Å². The highest BCUT2D eigenvalue weighted by molar-refractivity contribution is 6.32. The molecular formula is C14H12Cl2FNO. The molecule has 2 aromatic carbocycles. The number of halogens is 3. The number of hydrogen-bond donors (Lipinski definition) is 1. The minimum Gasteiger partial charge on any atom is -0.497 e. The summed E-state index contributed by atoms with van der Waals surface area (Å²) in [6.45, 7) is 0. The normalized spacial score (nSPS) is 12.3. The molecule has 0 aromatic heterocycles. The van der Waals surface area contributed by atoms with Gasteiger partial charge in [-0.1, -0.05) is 35.3 Å². The summed E-state index contributed by atoms with van der Waals surface area (Å²) in [7, 11) is 1.54. The standard InChI is InChI=1S/C14H12Cl2FNO/c1-19-8-5-6-9(11(16)7-8)14(18)13-10(15)3-2-4-12(13)17/h2-7,14H,18H2,1H3. The fraction of sp³-hybridized carbons (Fsp3) is 0.143. The van der Waals surface area contributed by atoms with E-state index >= 15 is 0 Å². The Morgan fingerprint density at radius 1 is 1.16 bits per heavy atom. The molecule has 0 aliphatic heterocycles. The number of methoxy groups -OCH3 is 1. The van der Waals surface area contributed by atoms with Crippen LogP contribution in [0.25, 0.3) is 0 Å². The zero-order valence-electron chi connectivity index (χ0n) is 10.2. The Labute approximate surface area is 120 Å². The minimum absolute atomic E-state index is 0.233. The lowest BCUT2D eigenvalue weighted by Crippen LogP contribution is -2.14. The highest BCUT2D eigenvalue weighted by atomic mass is 35.5. The molecule has 2 rings (SSSR count). The van der Waals surface area contributed by atoms with Crippen molar-refractivity contribution in [1.29, 1.82) is 0 Å². The molecule has 0 saturated carbocycles. The van der Waals surface area contributed by atoms with Gasteiger partial charge in [0.05, 0.1) is 13.2 Å². The highest BCUT2D eigenvalue weighted by Crippen LogP contribution is 2.33. The van der Waals surface area contributed by atoms with Gasteiger partial charge in [0.15, 0.2) is 0 Å². The predicted octanol–water partition coefficient (Wildman–Crippen LogP) is 4.19. The van der Waals surface area contributed by atoms with Gasteiger partial charge in [-0.2, -0.15) is 0 Å². The van der Waals surface area contributed by atoms with Crippen LogP contribution in [0.4, 0.5) is 4.39 Å². The van der Waals surface area contributed by atoms with E-state index in [1.807, 2.05) is 0 Å². The van der Waals surface area contributed by atoms with E-state index in [2.05, 4.69) is 0 Å². The number of rotatable bonds is 3. The smallest absolute Gasteiger partial charge is 0.129 e. The molecule has 1 atom stereocenters. The fourth-order valence-corrected chi connectivity index (χ4v) is 2.42. The van der Waals surface area contributed by atoms with Gasteiger partial charge < -0.3 is 10.5 Å². The average molecular weight is 300 g/mol. The van der Waals surface area contributed by atoms with Crippen LogP contribution in [0, 0.1) is 5.82 Å². The molecule has 0 bridgehead atoms. The van der Waals surface area contributed by atoms with E-state index in [0.717, 1.165) is 0 Å². The summed E-state index contributed by atoms with van der Waals surface area (Å²) in [5.41, 5.74) is 6.89. The zero-order valence-corrected chi connectivity index (χ0v) is 11.7. The van der Waals surface area contributed by atoms with E-state index in [0.29, 0.717) is 16.3 Å². The van der Waals surface area contributed by atoms with Crippen molar-refractivity contribution in [2.45, 2.75) is 6.04 Å². The third-order valence-electron chi connectivity index (χ3n) is 2.85. The van der Waals surface area contributed by atoms with Crippen LogP contribution in [-0.2, 0) is 0 Å². The van der Waals surface area contributed by atoms with Gasteiger partial charge >= 0.3 is 0 Å². The Bertz CT molecular complexity index is 584. The van der Waals surface area contributed by atoms with Crippen LogP contribution in [-0.4, -0.2) is 7.11 Å². The maximum absolute atomic E-state index is 13.8. The average Bonchev–Trinajstić information content (AvgIpc) is 2.38. The van der Waals surface area contributed by atoms with E-state index < -0.39 is 11.9 Å². The monoisotopic (exact) mass is 299 g/mol. The molecule has 1 unspecified atom stereocenters. The molecule has 0 amide bonds. The highest BCUT2D eigenvalue weighted by Gasteiger charge is 2.19. The van der Waals surface area contributed by atoms with Crippen molar-refractivity contribution in [3.8, 4) is 5.75 Å². The Kier molecular flexibility index (Phi) is 4.30. The summed E-state index contributed by atoms with van der Waals surface area (Å²) < 4.78 is 18.9. The maximum Gasteiger partial charge on any atom is 0.129 e. The van der Waals surface area contributed by atoms with Crippen molar-refractivity contribution in [2.24, 2.45) is 5.73 Å². The minimum atomic E-state index is -0.730. The topological polar surface area (TPSA) is 35.2 Å². The van der Waals surface area contributed by atoms with E-state index in [-0.39, 0.29) is 10.6 Å². The van der Waals surface area contributed by atoms with Crippen LogP contribution in [0.15, 0.2) is 36.4 Å². The van der Waals surface area contributed by atoms with Crippen molar-refractivity contribution in [3.63, 3.8) is 0 Å². The summed E-state index contributed by atoms with van der Waals surface area (Å²) in [6.07, 6.45) is 0. The second-order valence-electron chi connectivity index (χ2n) is 4.00. The van der Waals surface area contributed by atoms with Crippen molar-refractivity contribution in [3.05, 3.63) is 63.4 Å². The van der Waals surface area contributed by atoms with Crippen molar-refractivity contribution < 1.29 is 9.13 Å². The van der Waals surface area contributed by atoms with Crippen molar-refractivity contribution in [1.82, 2.24) is 0 Å². The lowest BCUT2D eigenvalue weighted by molar-refractivity contribution is 0.414. The Balaban J connectivity index is 2.47. The maximum atomic E-state index is 13.8. The number of hydrogen-bond acceptors (Lipinski definition) is 2. The summed E-state index contributed by atoms with van der Waals surface area (Å²) >= 11 is 12.1. The van der Waals surface area contributed by atoms with Crippen LogP contribution in [0.1, 0.15) is 17.2 Å². The van der Waals surface area contributed by atoms with Gasteiger partial charge in [-0.05, 0) is 29.8 Å². The second-order valence-corrected chi connectivity index (χ2v) is 4.81. The molecule has 0 fully saturated rings. The first kappa shape index (κ1) is 14.1. The SMILES string of the molecule is COc1ccc(C(N)c2c(F)cccc2Cl)c(Cl)c1. The predicted molar refractivity (Wildman–Crippen MR) is 75.4 cm³/mol. The van der Waals surface area contributed by atoms with Crippen LogP contribution in [0.2, 0.25) is 10.0 Å². The van der Waals surface area contributed by atoms with Gasteiger partial charge in [-0.3, -0.25) is 0 Å². The molecule has 0 saturated heterocycles. The van der Waals surface area contributed by atoms with Crippen LogP contribution >= 0.6 is 23.2 Å². The molecule has 0 spiro atoms. The van der Waals surface area contributed by atoms with Crippen LogP contribution < -0.4 is 10.5 Å². The van der Waals surface area contributed by atoms with Gasteiger partial charge in [0.1, 0.15) is 11.6 Å². The molecule has 2 N–H and O–H groups in total. The zero-order chi connectivity index (χ0) is 14.0. The third kappa shape index (κ3) is 2.84.